The quantitative estimate of drug-likeness (QED) is 0.101. The van der Waals surface area contributed by atoms with Crippen molar-refractivity contribution in [2.75, 3.05) is 38.2 Å². The molecule has 0 atom stereocenters. The molecule has 0 unspecified atom stereocenters. The SMILES string of the molecule is COc1ccc(N(c2ccc(/C=C/c3cc(C#N)c(/C=C/c4ccc(N(c5ccc(OC)cc5)c5ccc(OC)cc5)cc4)cc3C#N)cc2)c2ccc(OC)cc2)cc1. The van der Waals surface area contributed by atoms with Crippen molar-refractivity contribution >= 4 is 58.4 Å². The molecule has 0 bridgehead atoms. The van der Waals surface area contributed by atoms with E-state index in [9.17, 15) is 10.5 Å². The molecule has 294 valence electrons. The molecule has 0 N–H and O–H groups in total. The maximum Gasteiger partial charge on any atom is 0.119 e. The molecule has 0 amide bonds. The number of hydrogen-bond acceptors (Lipinski definition) is 8. The van der Waals surface area contributed by atoms with Crippen molar-refractivity contribution in [3.63, 3.8) is 0 Å². The van der Waals surface area contributed by atoms with E-state index in [4.69, 9.17) is 18.9 Å². The fraction of sp³-hybridized carbons (Fsp3) is 0.0769. The van der Waals surface area contributed by atoms with Gasteiger partial charge in [0.2, 0.25) is 0 Å². The van der Waals surface area contributed by atoms with Crippen LogP contribution in [0.15, 0.2) is 158 Å². The predicted molar refractivity (Wildman–Crippen MR) is 242 cm³/mol. The molecule has 0 heterocycles. The lowest BCUT2D eigenvalue weighted by molar-refractivity contribution is 0.414. The van der Waals surface area contributed by atoms with Crippen LogP contribution in [-0.2, 0) is 0 Å². The summed E-state index contributed by atoms with van der Waals surface area (Å²) in [5.74, 6) is 3.11. The molecule has 8 nitrogen and oxygen atoms in total. The minimum Gasteiger partial charge on any atom is -0.497 e. The van der Waals surface area contributed by atoms with Crippen LogP contribution in [0.3, 0.4) is 0 Å². The number of nitrogens with zero attached hydrogens (tertiary/aromatic N) is 4. The molecule has 0 aromatic heterocycles. The Bertz CT molecular complexity index is 2390. The highest BCUT2D eigenvalue weighted by Crippen LogP contribution is 2.38. The van der Waals surface area contributed by atoms with E-state index in [2.05, 4.69) is 46.2 Å². The number of nitriles is 2. The average Bonchev–Trinajstić information content (AvgIpc) is 3.32. The first-order chi connectivity index (χ1) is 29.4. The maximum atomic E-state index is 10.2. The molecular weight excluding hydrogens is 745 g/mol. The first-order valence-electron chi connectivity index (χ1n) is 19.1. The van der Waals surface area contributed by atoms with Crippen molar-refractivity contribution in [3.8, 4) is 35.1 Å². The highest BCUT2D eigenvalue weighted by molar-refractivity contribution is 5.82. The van der Waals surface area contributed by atoms with E-state index < -0.39 is 0 Å². The summed E-state index contributed by atoms with van der Waals surface area (Å²) in [4.78, 5) is 4.31. The zero-order valence-corrected chi connectivity index (χ0v) is 33.7. The second-order valence-electron chi connectivity index (χ2n) is 13.6. The Labute approximate surface area is 351 Å². The average molecular weight is 787 g/mol. The van der Waals surface area contributed by atoms with Crippen LogP contribution >= 0.6 is 0 Å². The van der Waals surface area contributed by atoms with Gasteiger partial charge in [0.25, 0.3) is 0 Å². The Balaban J connectivity index is 1.11. The van der Waals surface area contributed by atoms with E-state index in [1.165, 1.54) is 0 Å². The minimum absolute atomic E-state index is 0.469. The second-order valence-corrected chi connectivity index (χ2v) is 13.6. The Morgan fingerprint density at radius 2 is 0.583 bits per heavy atom. The molecule has 7 aromatic carbocycles. The molecule has 0 saturated heterocycles. The Morgan fingerprint density at radius 1 is 0.350 bits per heavy atom. The van der Waals surface area contributed by atoms with E-state index in [-0.39, 0.29) is 0 Å². The van der Waals surface area contributed by atoms with Crippen LogP contribution in [0.5, 0.6) is 23.0 Å². The molecule has 8 heteroatoms. The molecule has 7 aromatic rings. The Kier molecular flexibility index (Phi) is 12.6. The Morgan fingerprint density at radius 3 is 0.800 bits per heavy atom. The largest absolute Gasteiger partial charge is 0.497 e. The third-order valence-corrected chi connectivity index (χ3v) is 10.00. The fourth-order valence-electron chi connectivity index (χ4n) is 6.76. The van der Waals surface area contributed by atoms with Gasteiger partial charge in [-0.3, -0.25) is 0 Å². The van der Waals surface area contributed by atoms with Gasteiger partial charge in [-0.25, -0.2) is 0 Å². The summed E-state index contributed by atoms with van der Waals surface area (Å²) in [6.07, 6.45) is 7.65. The molecule has 7 rings (SSSR count). The summed E-state index contributed by atoms with van der Waals surface area (Å²) in [5, 5.41) is 20.3. The first kappa shape index (κ1) is 40.0. The number of benzene rings is 7. The third kappa shape index (κ3) is 9.16. The van der Waals surface area contributed by atoms with Crippen molar-refractivity contribution in [2.24, 2.45) is 0 Å². The molecule has 0 spiro atoms. The third-order valence-electron chi connectivity index (χ3n) is 10.00. The first-order valence-corrected chi connectivity index (χ1v) is 19.1. The molecule has 0 aliphatic carbocycles. The predicted octanol–water partition coefficient (Wildman–Crippen LogP) is 12.7. The summed E-state index contributed by atoms with van der Waals surface area (Å²) in [7, 11) is 6.61. The van der Waals surface area contributed by atoms with Gasteiger partial charge in [-0.05, 0) is 156 Å². The smallest absolute Gasteiger partial charge is 0.119 e. The van der Waals surface area contributed by atoms with Crippen LogP contribution in [0, 0.1) is 22.7 Å². The van der Waals surface area contributed by atoms with Crippen LogP contribution in [0.2, 0.25) is 0 Å². The van der Waals surface area contributed by atoms with E-state index in [0.717, 1.165) is 68.2 Å². The molecule has 0 aliphatic heterocycles. The van der Waals surface area contributed by atoms with Crippen molar-refractivity contribution in [1.82, 2.24) is 0 Å². The molecule has 0 radical (unpaired) electrons. The second kappa shape index (κ2) is 18.8. The van der Waals surface area contributed by atoms with Gasteiger partial charge >= 0.3 is 0 Å². The zero-order valence-electron chi connectivity index (χ0n) is 33.7. The monoisotopic (exact) mass is 786 g/mol. The molecule has 0 saturated carbocycles. The Hall–Kier alpha value is -8.20. The lowest BCUT2D eigenvalue weighted by Crippen LogP contribution is -2.09. The van der Waals surface area contributed by atoms with E-state index in [1.54, 1.807) is 40.6 Å². The van der Waals surface area contributed by atoms with Crippen LogP contribution < -0.4 is 28.7 Å². The number of ether oxygens (including phenoxy) is 4. The van der Waals surface area contributed by atoms with Crippen LogP contribution in [0.1, 0.15) is 33.4 Å². The summed E-state index contributed by atoms with van der Waals surface area (Å²) < 4.78 is 21.6. The van der Waals surface area contributed by atoms with Gasteiger partial charge < -0.3 is 28.7 Å². The van der Waals surface area contributed by atoms with E-state index in [1.807, 2.05) is 146 Å². The molecule has 0 fully saturated rings. The van der Waals surface area contributed by atoms with Crippen molar-refractivity contribution in [2.45, 2.75) is 0 Å². The van der Waals surface area contributed by atoms with Crippen molar-refractivity contribution in [1.29, 1.82) is 10.5 Å². The van der Waals surface area contributed by atoms with Gasteiger partial charge in [-0.15, -0.1) is 0 Å². The van der Waals surface area contributed by atoms with Crippen molar-refractivity contribution in [3.05, 3.63) is 191 Å². The number of rotatable bonds is 14. The molecule has 0 aliphatic rings. The topological polar surface area (TPSA) is 91.0 Å². The summed E-state index contributed by atoms with van der Waals surface area (Å²) in [6.45, 7) is 0. The zero-order chi connectivity index (χ0) is 41.8. The molecular formula is C52H42N4O4. The lowest BCUT2D eigenvalue weighted by atomic mass is 9.97. The minimum atomic E-state index is 0.469. The van der Waals surface area contributed by atoms with Gasteiger partial charge in [-0.2, -0.15) is 10.5 Å². The van der Waals surface area contributed by atoms with Gasteiger partial charge in [0, 0.05) is 34.1 Å². The van der Waals surface area contributed by atoms with Crippen LogP contribution in [0.25, 0.3) is 24.3 Å². The van der Waals surface area contributed by atoms with Gasteiger partial charge in [-0.1, -0.05) is 48.6 Å². The summed E-state index contributed by atoms with van der Waals surface area (Å²) in [6, 6.07) is 56.1. The van der Waals surface area contributed by atoms with Gasteiger partial charge in [0.1, 0.15) is 23.0 Å². The number of methoxy groups -OCH3 is 4. The summed E-state index contributed by atoms with van der Waals surface area (Å²) in [5.41, 5.74) is 9.95. The fourth-order valence-corrected chi connectivity index (χ4v) is 6.76. The van der Waals surface area contributed by atoms with Gasteiger partial charge in [0.05, 0.1) is 51.7 Å². The van der Waals surface area contributed by atoms with Gasteiger partial charge in [0.15, 0.2) is 0 Å². The van der Waals surface area contributed by atoms with Crippen LogP contribution in [0.4, 0.5) is 34.1 Å². The van der Waals surface area contributed by atoms with Crippen molar-refractivity contribution < 1.29 is 18.9 Å². The highest BCUT2D eigenvalue weighted by atomic mass is 16.5. The normalized spacial score (nSPS) is 10.8. The molecule has 60 heavy (non-hydrogen) atoms. The standard InChI is InChI=1S/C52H42N4O4/c1-57-49-25-17-45(18-26-49)55(46-19-27-50(58-2)28-20-46)43-13-7-37(8-14-43)5-11-39-33-42(36-54)40(34-41(39)35-53)12-6-38-9-15-44(16-10-38)56(47-21-29-51(59-3)30-22-47)48-23-31-52(60-4)32-24-48/h5-34H,1-4H3/b11-5+,12-6+. The van der Waals surface area contributed by atoms with E-state index in [0.29, 0.717) is 22.3 Å². The lowest BCUT2D eigenvalue weighted by Gasteiger charge is -2.26. The highest BCUT2D eigenvalue weighted by Gasteiger charge is 2.15. The number of anilines is 6. The van der Waals surface area contributed by atoms with Crippen LogP contribution in [-0.4, -0.2) is 28.4 Å². The number of hydrogen-bond donors (Lipinski definition) is 0. The maximum absolute atomic E-state index is 10.2. The van der Waals surface area contributed by atoms with E-state index >= 15 is 0 Å². The summed E-state index contributed by atoms with van der Waals surface area (Å²) >= 11 is 0.